The maximum absolute atomic E-state index is 11.5. The van der Waals surface area contributed by atoms with Gasteiger partial charge in [0.15, 0.2) is 0 Å². The number of ether oxygens (including phenoxy) is 1. The van der Waals surface area contributed by atoms with E-state index in [0.717, 1.165) is 4.90 Å². The second-order valence-electron chi connectivity index (χ2n) is 4.00. The Hall–Kier alpha value is -1.92. The van der Waals surface area contributed by atoms with Gasteiger partial charge in [0.25, 0.3) is 0 Å². The van der Waals surface area contributed by atoms with Crippen LogP contribution in [0.4, 0.5) is 0 Å². The molecule has 1 fully saturated rings. The van der Waals surface area contributed by atoms with Crippen LogP contribution in [-0.2, 0) is 23.9 Å². The highest BCUT2D eigenvalue weighted by Crippen LogP contribution is 2.11. The van der Waals surface area contributed by atoms with Gasteiger partial charge in [-0.3, -0.25) is 19.3 Å². The van der Waals surface area contributed by atoms with E-state index in [-0.39, 0.29) is 37.6 Å². The van der Waals surface area contributed by atoms with Gasteiger partial charge in [-0.05, 0) is 6.92 Å². The lowest BCUT2D eigenvalue weighted by Crippen LogP contribution is -2.41. The molecule has 0 radical (unpaired) electrons. The number of imide groups is 1. The van der Waals surface area contributed by atoms with Crippen LogP contribution in [0.5, 0.6) is 0 Å². The molecule has 3 amide bonds. The van der Waals surface area contributed by atoms with Crippen molar-refractivity contribution in [2.24, 2.45) is 0 Å². The van der Waals surface area contributed by atoms with Crippen molar-refractivity contribution in [3.8, 4) is 0 Å². The van der Waals surface area contributed by atoms with E-state index in [1.54, 1.807) is 0 Å². The lowest BCUT2D eigenvalue weighted by Gasteiger charge is -2.15. The van der Waals surface area contributed by atoms with Gasteiger partial charge in [0.2, 0.25) is 17.7 Å². The topological polar surface area (TPSA) is 92.8 Å². The highest BCUT2D eigenvalue weighted by Gasteiger charge is 2.29. The number of carbonyl (C=O) groups is 4. The Morgan fingerprint density at radius 1 is 1.33 bits per heavy atom. The van der Waals surface area contributed by atoms with Crippen molar-refractivity contribution in [2.75, 3.05) is 13.7 Å². The number of esters is 1. The molecule has 1 N–H and O–H groups in total. The van der Waals surface area contributed by atoms with Gasteiger partial charge in [-0.15, -0.1) is 0 Å². The first kappa shape index (κ1) is 14.1. The molecular formula is C11H16N2O5. The monoisotopic (exact) mass is 256 g/mol. The van der Waals surface area contributed by atoms with E-state index in [1.165, 1.54) is 14.0 Å². The molecule has 100 valence electrons. The molecule has 1 unspecified atom stereocenters. The van der Waals surface area contributed by atoms with Crippen molar-refractivity contribution in [3.63, 3.8) is 0 Å². The summed E-state index contributed by atoms with van der Waals surface area (Å²) in [4.78, 5) is 46.2. The third kappa shape index (κ3) is 3.54. The first-order chi connectivity index (χ1) is 8.45. The van der Waals surface area contributed by atoms with E-state index in [4.69, 9.17) is 0 Å². The predicted octanol–water partition coefficient (Wildman–Crippen LogP) is -0.797. The summed E-state index contributed by atoms with van der Waals surface area (Å²) in [7, 11) is 1.23. The van der Waals surface area contributed by atoms with Crippen LogP contribution in [-0.4, -0.2) is 48.3 Å². The summed E-state index contributed by atoms with van der Waals surface area (Å²) < 4.78 is 4.45. The van der Waals surface area contributed by atoms with Gasteiger partial charge in [-0.1, -0.05) is 0 Å². The molecule has 1 aliphatic rings. The molecule has 1 heterocycles. The Labute approximate surface area is 104 Å². The van der Waals surface area contributed by atoms with E-state index in [0.29, 0.717) is 0 Å². The predicted molar refractivity (Wildman–Crippen MR) is 60.2 cm³/mol. The quantitative estimate of drug-likeness (QED) is 0.513. The van der Waals surface area contributed by atoms with E-state index in [9.17, 15) is 19.2 Å². The number of hydrogen-bond donors (Lipinski definition) is 1. The van der Waals surface area contributed by atoms with Gasteiger partial charge < -0.3 is 10.1 Å². The fraction of sp³-hybridized carbons (Fsp3) is 0.636. The van der Waals surface area contributed by atoms with Gasteiger partial charge in [0.05, 0.1) is 7.11 Å². The highest BCUT2D eigenvalue weighted by atomic mass is 16.5. The van der Waals surface area contributed by atoms with Crippen LogP contribution in [0.3, 0.4) is 0 Å². The standard InChI is InChI=1S/C11H16N2O5/c1-7(11(17)18-2)12-8(14)5-6-13-9(15)3-4-10(13)16/h7H,3-6H2,1-2H3,(H,12,14). The summed E-state index contributed by atoms with van der Waals surface area (Å²) >= 11 is 0. The van der Waals surface area contributed by atoms with Crippen LogP contribution >= 0.6 is 0 Å². The molecule has 7 heteroatoms. The van der Waals surface area contributed by atoms with Crippen LogP contribution in [0.25, 0.3) is 0 Å². The molecule has 0 aromatic carbocycles. The number of nitrogens with one attached hydrogen (secondary N) is 1. The van der Waals surface area contributed by atoms with Crippen LogP contribution in [0.15, 0.2) is 0 Å². The van der Waals surface area contributed by atoms with Crippen LogP contribution in [0.2, 0.25) is 0 Å². The fourth-order valence-electron chi connectivity index (χ4n) is 1.63. The number of nitrogens with zero attached hydrogens (tertiary/aromatic N) is 1. The Bertz CT molecular complexity index is 364. The summed E-state index contributed by atoms with van der Waals surface area (Å²) in [5.41, 5.74) is 0. The number of methoxy groups -OCH3 is 1. The average Bonchev–Trinajstić information content (AvgIpc) is 2.65. The molecule has 0 aromatic rings. The van der Waals surface area contributed by atoms with Crippen LogP contribution in [0.1, 0.15) is 26.2 Å². The Kier molecular flexibility index (Phi) is 4.82. The summed E-state index contributed by atoms with van der Waals surface area (Å²) in [5.74, 6) is -1.46. The average molecular weight is 256 g/mol. The molecule has 18 heavy (non-hydrogen) atoms. The summed E-state index contributed by atoms with van der Waals surface area (Å²) in [6, 6.07) is -0.743. The van der Waals surface area contributed by atoms with Gasteiger partial charge in [-0.2, -0.15) is 0 Å². The molecule has 7 nitrogen and oxygen atoms in total. The van der Waals surface area contributed by atoms with E-state index < -0.39 is 17.9 Å². The summed E-state index contributed by atoms with van der Waals surface area (Å²) in [5, 5.41) is 2.42. The van der Waals surface area contributed by atoms with Crippen molar-refractivity contribution in [2.45, 2.75) is 32.2 Å². The fourth-order valence-corrected chi connectivity index (χ4v) is 1.63. The largest absolute Gasteiger partial charge is 0.467 e. The molecule has 0 spiro atoms. The van der Waals surface area contributed by atoms with E-state index in [1.807, 2.05) is 0 Å². The zero-order chi connectivity index (χ0) is 13.7. The third-order valence-corrected chi connectivity index (χ3v) is 2.65. The van der Waals surface area contributed by atoms with Crippen LogP contribution < -0.4 is 5.32 Å². The van der Waals surface area contributed by atoms with Crippen molar-refractivity contribution >= 4 is 23.7 Å². The second-order valence-corrected chi connectivity index (χ2v) is 4.00. The maximum atomic E-state index is 11.5. The molecule has 0 aliphatic carbocycles. The van der Waals surface area contributed by atoms with Gasteiger partial charge >= 0.3 is 5.97 Å². The smallest absolute Gasteiger partial charge is 0.328 e. The van der Waals surface area contributed by atoms with Crippen molar-refractivity contribution in [1.29, 1.82) is 0 Å². The number of hydrogen-bond acceptors (Lipinski definition) is 5. The van der Waals surface area contributed by atoms with E-state index >= 15 is 0 Å². The molecule has 0 bridgehead atoms. The zero-order valence-electron chi connectivity index (χ0n) is 10.4. The number of carbonyl (C=O) groups excluding carboxylic acids is 4. The lowest BCUT2D eigenvalue weighted by atomic mass is 10.3. The highest BCUT2D eigenvalue weighted by molar-refractivity contribution is 6.02. The van der Waals surface area contributed by atoms with Gasteiger partial charge in [0, 0.05) is 25.8 Å². The lowest BCUT2D eigenvalue weighted by molar-refractivity contribution is -0.145. The maximum Gasteiger partial charge on any atom is 0.328 e. The number of rotatable bonds is 5. The number of likely N-dealkylation sites (tertiary alicyclic amines) is 1. The normalized spacial score (nSPS) is 16.7. The first-order valence-corrected chi connectivity index (χ1v) is 5.66. The molecule has 1 saturated heterocycles. The van der Waals surface area contributed by atoms with Crippen LogP contribution in [0, 0.1) is 0 Å². The Balaban J connectivity index is 2.35. The van der Waals surface area contributed by atoms with Gasteiger partial charge in [0.1, 0.15) is 6.04 Å². The first-order valence-electron chi connectivity index (χ1n) is 5.66. The molecule has 1 atom stereocenters. The molecule has 0 saturated carbocycles. The summed E-state index contributed by atoms with van der Waals surface area (Å²) in [6.07, 6.45) is 0.400. The molecule has 1 aliphatic heterocycles. The second kappa shape index (κ2) is 6.13. The van der Waals surface area contributed by atoms with Gasteiger partial charge in [-0.25, -0.2) is 4.79 Å². The minimum absolute atomic E-state index is 0.0151. The number of amides is 3. The minimum Gasteiger partial charge on any atom is -0.467 e. The third-order valence-electron chi connectivity index (χ3n) is 2.65. The summed E-state index contributed by atoms with van der Waals surface area (Å²) in [6.45, 7) is 1.55. The Morgan fingerprint density at radius 2 is 1.89 bits per heavy atom. The van der Waals surface area contributed by atoms with Crippen molar-refractivity contribution in [3.05, 3.63) is 0 Å². The van der Waals surface area contributed by atoms with Crippen molar-refractivity contribution < 1.29 is 23.9 Å². The molecule has 1 rings (SSSR count). The zero-order valence-corrected chi connectivity index (χ0v) is 10.4. The Morgan fingerprint density at radius 3 is 2.39 bits per heavy atom. The SMILES string of the molecule is COC(=O)C(C)NC(=O)CCN1C(=O)CCC1=O. The molecular weight excluding hydrogens is 240 g/mol. The van der Waals surface area contributed by atoms with E-state index in [2.05, 4.69) is 10.1 Å². The minimum atomic E-state index is -0.743. The molecule has 0 aromatic heterocycles. The van der Waals surface area contributed by atoms with Crippen molar-refractivity contribution in [1.82, 2.24) is 10.2 Å².